The Kier molecular flexibility index (Phi) is 6.80. The van der Waals surface area contributed by atoms with Crippen molar-refractivity contribution in [1.82, 2.24) is 19.6 Å². The Morgan fingerprint density at radius 2 is 1.98 bits per heavy atom. The zero-order valence-electron chi connectivity index (χ0n) is 23.3. The Bertz CT molecular complexity index is 1540. The molecule has 1 N–H and O–H groups in total. The number of aliphatic hydroxyl groups is 1. The summed E-state index contributed by atoms with van der Waals surface area (Å²) in [6, 6.07) is 3.93. The third-order valence-electron chi connectivity index (χ3n) is 8.85. The molecule has 0 radical (unpaired) electrons. The van der Waals surface area contributed by atoms with Gasteiger partial charge in [0, 0.05) is 36.2 Å². The third-order valence-corrected chi connectivity index (χ3v) is 8.85. The van der Waals surface area contributed by atoms with E-state index in [0.717, 1.165) is 59.5 Å². The Labute approximate surface area is 232 Å². The molecule has 10 nitrogen and oxygen atoms in total. The molecule has 210 valence electrons. The van der Waals surface area contributed by atoms with E-state index in [2.05, 4.69) is 20.2 Å². The SMILES string of the molecule is CCc1cc(CCC2(C3CCCC3)CC(O)=C(Cc3nc4nc(C)cc(C)n4n3)C(=O)O2)c2c(c1N=O)CCO2. The van der Waals surface area contributed by atoms with Crippen LogP contribution in [-0.2, 0) is 35.2 Å². The molecule has 1 unspecified atom stereocenters. The van der Waals surface area contributed by atoms with Gasteiger partial charge in [-0.1, -0.05) is 19.8 Å². The summed E-state index contributed by atoms with van der Waals surface area (Å²) < 4.78 is 13.9. The fraction of sp³-hybridized carbons (Fsp3) is 0.533. The van der Waals surface area contributed by atoms with Gasteiger partial charge in [-0.2, -0.15) is 4.98 Å². The van der Waals surface area contributed by atoms with Crippen LogP contribution in [-0.4, -0.2) is 42.9 Å². The number of nitrogens with zero attached hydrogens (tertiary/aromatic N) is 5. The smallest absolute Gasteiger partial charge is 0.338 e. The number of benzene rings is 1. The average Bonchev–Trinajstić information content (AvgIpc) is 3.70. The fourth-order valence-electron chi connectivity index (χ4n) is 6.85. The van der Waals surface area contributed by atoms with Crippen molar-refractivity contribution in [2.75, 3.05) is 6.61 Å². The van der Waals surface area contributed by atoms with Crippen molar-refractivity contribution in [3.63, 3.8) is 0 Å². The van der Waals surface area contributed by atoms with Crippen LogP contribution in [0.5, 0.6) is 5.75 Å². The van der Waals surface area contributed by atoms with Gasteiger partial charge in [-0.05, 0) is 80.3 Å². The van der Waals surface area contributed by atoms with Crippen molar-refractivity contribution >= 4 is 17.4 Å². The number of rotatable bonds is 8. The van der Waals surface area contributed by atoms with Crippen molar-refractivity contribution < 1.29 is 19.4 Å². The molecule has 1 atom stereocenters. The summed E-state index contributed by atoms with van der Waals surface area (Å²) in [5.74, 6) is 1.34. The molecule has 40 heavy (non-hydrogen) atoms. The highest BCUT2D eigenvalue weighted by Gasteiger charge is 2.48. The Balaban J connectivity index is 1.29. The molecule has 2 aromatic heterocycles. The number of esters is 1. The Morgan fingerprint density at radius 1 is 1.18 bits per heavy atom. The molecule has 0 bridgehead atoms. The number of carbonyl (C=O) groups is 1. The van der Waals surface area contributed by atoms with Crippen molar-refractivity contribution in [1.29, 1.82) is 0 Å². The van der Waals surface area contributed by atoms with E-state index in [9.17, 15) is 14.8 Å². The first-order valence-electron chi connectivity index (χ1n) is 14.3. The van der Waals surface area contributed by atoms with Gasteiger partial charge in [0.2, 0.25) is 0 Å². The van der Waals surface area contributed by atoms with Crippen LogP contribution < -0.4 is 4.74 Å². The zero-order chi connectivity index (χ0) is 28.0. The predicted octanol–water partition coefficient (Wildman–Crippen LogP) is 5.50. The van der Waals surface area contributed by atoms with Gasteiger partial charge >= 0.3 is 5.97 Å². The maximum atomic E-state index is 13.5. The number of carbonyl (C=O) groups excluding carboxylic acids is 1. The molecule has 1 aliphatic carbocycles. The summed E-state index contributed by atoms with van der Waals surface area (Å²) in [6.45, 7) is 6.36. The molecule has 6 rings (SSSR count). The van der Waals surface area contributed by atoms with Gasteiger partial charge in [-0.15, -0.1) is 10.0 Å². The minimum atomic E-state index is -0.803. The molecular weight excluding hydrogens is 510 g/mol. The number of hydrogen-bond acceptors (Lipinski definition) is 9. The average molecular weight is 546 g/mol. The van der Waals surface area contributed by atoms with Crippen molar-refractivity contribution in [2.24, 2.45) is 11.1 Å². The highest BCUT2D eigenvalue weighted by Crippen LogP contribution is 2.47. The normalized spacial score (nSPS) is 21.1. The second kappa shape index (κ2) is 10.3. The molecule has 1 aromatic carbocycles. The maximum Gasteiger partial charge on any atom is 0.338 e. The quantitative estimate of drug-likeness (QED) is 0.290. The van der Waals surface area contributed by atoms with Gasteiger partial charge in [-0.25, -0.2) is 14.3 Å². The summed E-state index contributed by atoms with van der Waals surface area (Å²) in [5.41, 5.74) is 4.43. The van der Waals surface area contributed by atoms with E-state index >= 15 is 0 Å². The van der Waals surface area contributed by atoms with Crippen molar-refractivity contribution in [3.05, 3.63) is 62.3 Å². The van der Waals surface area contributed by atoms with Gasteiger partial charge in [0.05, 0.1) is 12.2 Å². The van der Waals surface area contributed by atoms with E-state index < -0.39 is 11.6 Å². The molecule has 10 heteroatoms. The number of fused-ring (bicyclic) bond motifs is 2. The molecule has 0 spiro atoms. The monoisotopic (exact) mass is 545 g/mol. The standard InChI is InChI=1S/C30H35N5O5/c1-4-19-14-20(27-22(10-12-39-27)26(19)34-38)9-11-30(21-7-5-6-8-21)16-24(36)23(28(37)40-30)15-25-32-29-31-17(2)13-18(3)35(29)33-25/h13-14,21,36H,4-12,15-16H2,1-3H3. The van der Waals surface area contributed by atoms with Crippen LogP contribution in [0, 0.1) is 24.7 Å². The van der Waals surface area contributed by atoms with E-state index in [0.29, 0.717) is 49.6 Å². The summed E-state index contributed by atoms with van der Waals surface area (Å²) >= 11 is 0. The lowest BCUT2D eigenvalue weighted by atomic mass is 9.76. The number of cyclic esters (lactones) is 1. The fourth-order valence-corrected chi connectivity index (χ4v) is 6.85. The predicted molar refractivity (Wildman–Crippen MR) is 148 cm³/mol. The lowest BCUT2D eigenvalue weighted by Gasteiger charge is -2.42. The topological polar surface area (TPSA) is 128 Å². The number of ether oxygens (including phenoxy) is 2. The zero-order valence-corrected chi connectivity index (χ0v) is 23.3. The van der Waals surface area contributed by atoms with Crippen molar-refractivity contribution in [3.8, 4) is 5.75 Å². The van der Waals surface area contributed by atoms with Crippen LogP contribution in [0.3, 0.4) is 0 Å². The largest absolute Gasteiger partial charge is 0.512 e. The van der Waals surface area contributed by atoms with Crippen LogP contribution in [0.4, 0.5) is 5.69 Å². The van der Waals surface area contributed by atoms with E-state index in [4.69, 9.17) is 9.47 Å². The number of aromatic nitrogens is 4. The minimum absolute atomic E-state index is 0.0547. The van der Waals surface area contributed by atoms with Crippen LogP contribution in [0.25, 0.3) is 5.78 Å². The molecule has 3 aliphatic rings. The molecule has 3 aromatic rings. The summed E-state index contributed by atoms with van der Waals surface area (Å²) in [6.07, 6.45) is 6.94. The first-order valence-corrected chi connectivity index (χ1v) is 14.3. The number of aryl methyl sites for hydroxylation is 4. The van der Waals surface area contributed by atoms with Crippen LogP contribution >= 0.6 is 0 Å². The second-order valence-electron chi connectivity index (χ2n) is 11.4. The van der Waals surface area contributed by atoms with E-state index in [1.54, 1.807) is 4.52 Å². The molecule has 2 aliphatic heterocycles. The molecule has 0 saturated heterocycles. The summed E-state index contributed by atoms with van der Waals surface area (Å²) in [5, 5.41) is 19.1. The number of nitroso groups, excluding NO2 is 1. The maximum absolute atomic E-state index is 13.5. The van der Waals surface area contributed by atoms with E-state index in [-0.39, 0.29) is 30.1 Å². The lowest BCUT2D eigenvalue weighted by molar-refractivity contribution is -0.167. The van der Waals surface area contributed by atoms with Crippen LogP contribution in [0.2, 0.25) is 0 Å². The number of hydrogen-bond donors (Lipinski definition) is 1. The first kappa shape index (κ1) is 26.4. The third kappa shape index (κ3) is 4.53. The second-order valence-corrected chi connectivity index (χ2v) is 11.4. The Morgan fingerprint density at radius 3 is 2.70 bits per heavy atom. The van der Waals surface area contributed by atoms with E-state index in [1.807, 2.05) is 32.9 Å². The van der Waals surface area contributed by atoms with Gasteiger partial charge in [-0.3, -0.25) is 0 Å². The molecule has 0 amide bonds. The Hall–Kier alpha value is -3.82. The first-order chi connectivity index (χ1) is 19.3. The summed E-state index contributed by atoms with van der Waals surface area (Å²) in [4.78, 5) is 34.0. The molecular formula is C30H35N5O5. The van der Waals surface area contributed by atoms with Crippen molar-refractivity contribution in [2.45, 2.75) is 90.6 Å². The van der Waals surface area contributed by atoms with Gasteiger partial charge in [0.15, 0.2) is 5.82 Å². The van der Waals surface area contributed by atoms with Crippen LogP contribution in [0.1, 0.15) is 79.4 Å². The van der Waals surface area contributed by atoms with Gasteiger partial charge in [0.1, 0.15) is 22.8 Å². The highest BCUT2D eigenvalue weighted by atomic mass is 16.6. The van der Waals surface area contributed by atoms with Gasteiger partial charge < -0.3 is 14.6 Å². The molecule has 4 heterocycles. The number of aliphatic hydroxyl groups excluding tert-OH is 1. The van der Waals surface area contributed by atoms with Gasteiger partial charge in [0.25, 0.3) is 5.78 Å². The highest BCUT2D eigenvalue weighted by molar-refractivity contribution is 5.90. The molecule has 1 saturated carbocycles. The van der Waals surface area contributed by atoms with Crippen LogP contribution in [0.15, 0.2) is 28.6 Å². The summed E-state index contributed by atoms with van der Waals surface area (Å²) in [7, 11) is 0. The molecule has 1 fully saturated rings. The minimum Gasteiger partial charge on any atom is -0.512 e. The van der Waals surface area contributed by atoms with E-state index in [1.165, 1.54) is 0 Å². The lowest BCUT2D eigenvalue weighted by Crippen LogP contribution is -2.46.